The molecule has 1 rings (SSSR count). The van der Waals surface area contributed by atoms with Gasteiger partial charge in [-0.05, 0) is 12.8 Å². The maximum atomic E-state index is 2.30. The molecule has 0 aliphatic rings. The molecule has 1 aromatic heterocycles. The van der Waals surface area contributed by atoms with E-state index < -0.39 is 0 Å². The fourth-order valence-electron chi connectivity index (χ4n) is 3.83. The summed E-state index contributed by atoms with van der Waals surface area (Å²) in [6.07, 6.45) is 32.5. The summed E-state index contributed by atoms with van der Waals surface area (Å²) in [5.74, 6) is 0. The number of aryl methyl sites for hydroxylation is 2. The molecule has 0 bridgehead atoms. The molecule has 0 aliphatic carbocycles. The third-order valence-electron chi connectivity index (χ3n) is 5.59. The molecular weight excluding hydrogens is 316 g/mol. The first kappa shape index (κ1) is 23.2. The van der Waals surface area contributed by atoms with Crippen molar-refractivity contribution in [2.75, 3.05) is 0 Å². The van der Waals surface area contributed by atoms with Crippen LogP contribution in [0.15, 0.2) is 18.7 Å². The molecular formula is C24H47N2+. The topological polar surface area (TPSA) is 8.81 Å². The van der Waals surface area contributed by atoms with Crippen molar-refractivity contribution < 1.29 is 4.57 Å². The first-order chi connectivity index (χ1) is 12.8. The van der Waals surface area contributed by atoms with Crippen LogP contribution in [-0.4, -0.2) is 4.57 Å². The van der Waals surface area contributed by atoms with Crippen molar-refractivity contribution in [3.05, 3.63) is 18.7 Å². The van der Waals surface area contributed by atoms with Crippen LogP contribution in [0.5, 0.6) is 0 Å². The predicted molar refractivity (Wildman–Crippen MR) is 114 cm³/mol. The van der Waals surface area contributed by atoms with E-state index in [2.05, 4.69) is 41.8 Å². The van der Waals surface area contributed by atoms with Gasteiger partial charge < -0.3 is 0 Å². The van der Waals surface area contributed by atoms with E-state index in [0.29, 0.717) is 0 Å². The summed E-state index contributed by atoms with van der Waals surface area (Å²) in [4.78, 5) is 0. The molecule has 0 N–H and O–H groups in total. The number of hydrogen-bond donors (Lipinski definition) is 0. The van der Waals surface area contributed by atoms with Crippen LogP contribution in [0.1, 0.15) is 122 Å². The third kappa shape index (κ3) is 14.4. The minimum Gasteiger partial charge on any atom is -0.240 e. The van der Waals surface area contributed by atoms with Crippen LogP contribution < -0.4 is 4.57 Å². The van der Waals surface area contributed by atoms with E-state index >= 15 is 0 Å². The number of rotatable bonds is 19. The van der Waals surface area contributed by atoms with Crippen LogP contribution in [0.4, 0.5) is 0 Å². The second-order valence-corrected chi connectivity index (χ2v) is 8.33. The zero-order chi connectivity index (χ0) is 18.7. The average Bonchev–Trinajstić information content (AvgIpc) is 3.06. The van der Waals surface area contributed by atoms with Crippen molar-refractivity contribution in [1.82, 2.24) is 4.57 Å². The number of nitrogens with zero attached hydrogens (tertiary/aromatic N) is 2. The molecule has 0 atom stereocenters. The Morgan fingerprint density at radius 1 is 0.577 bits per heavy atom. The van der Waals surface area contributed by atoms with E-state index in [1.54, 1.807) is 0 Å². The molecule has 1 heterocycles. The van der Waals surface area contributed by atoms with Gasteiger partial charge in [0.15, 0.2) is 0 Å². The Bertz CT molecular complexity index is 397. The Labute approximate surface area is 164 Å². The van der Waals surface area contributed by atoms with Crippen LogP contribution in [0.2, 0.25) is 0 Å². The maximum Gasteiger partial charge on any atom is 0.243 e. The average molecular weight is 364 g/mol. The lowest BCUT2D eigenvalue weighted by Gasteiger charge is -2.03. The Morgan fingerprint density at radius 3 is 1.31 bits per heavy atom. The second-order valence-electron chi connectivity index (χ2n) is 8.33. The molecule has 2 heteroatoms. The zero-order valence-corrected chi connectivity index (χ0v) is 18.1. The molecule has 0 spiro atoms. The molecule has 0 saturated carbocycles. The molecule has 26 heavy (non-hydrogen) atoms. The summed E-state index contributed by atoms with van der Waals surface area (Å²) in [6, 6.07) is 0. The summed E-state index contributed by atoms with van der Waals surface area (Å²) in [6.45, 7) is 3.48. The molecule has 0 fully saturated rings. The van der Waals surface area contributed by atoms with Crippen molar-refractivity contribution in [2.24, 2.45) is 7.05 Å². The molecule has 0 aromatic carbocycles. The molecule has 0 radical (unpaired) electrons. The monoisotopic (exact) mass is 363 g/mol. The van der Waals surface area contributed by atoms with Gasteiger partial charge in [-0.2, -0.15) is 0 Å². The molecule has 1 aromatic rings. The van der Waals surface area contributed by atoms with Gasteiger partial charge in [0.25, 0.3) is 0 Å². The molecule has 0 unspecified atom stereocenters. The van der Waals surface area contributed by atoms with Gasteiger partial charge in [0.05, 0.1) is 13.6 Å². The second kappa shape index (κ2) is 17.6. The Balaban J connectivity index is 1.68. The van der Waals surface area contributed by atoms with Crippen molar-refractivity contribution in [3.63, 3.8) is 0 Å². The van der Waals surface area contributed by atoms with Crippen LogP contribution in [0, 0.1) is 0 Å². The van der Waals surface area contributed by atoms with Gasteiger partial charge in [0.2, 0.25) is 6.33 Å². The van der Waals surface area contributed by atoms with E-state index in [9.17, 15) is 0 Å². The maximum absolute atomic E-state index is 2.30. The molecule has 0 saturated heterocycles. The Morgan fingerprint density at radius 2 is 0.962 bits per heavy atom. The Hall–Kier alpha value is -0.790. The lowest BCUT2D eigenvalue weighted by molar-refractivity contribution is -0.696. The highest BCUT2D eigenvalue weighted by molar-refractivity contribution is 4.62. The summed E-state index contributed by atoms with van der Waals surface area (Å²) >= 11 is 0. The lowest BCUT2D eigenvalue weighted by Crippen LogP contribution is -2.30. The van der Waals surface area contributed by atoms with E-state index in [4.69, 9.17) is 0 Å². The molecule has 0 aliphatic heterocycles. The van der Waals surface area contributed by atoms with Gasteiger partial charge in [-0.3, -0.25) is 0 Å². The van der Waals surface area contributed by atoms with Crippen LogP contribution in [-0.2, 0) is 13.6 Å². The highest BCUT2D eigenvalue weighted by Crippen LogP contribution is 2.14. The van der Waals surface area contributed by atoms with Crippen LogP contribution in [0.25, 0.3) is 0 Å². The van der Waals surface area contributed by atoms with Gasteiger partial charge in [-0.15, -0.1) is 0 Å². The van der Waals surface area contributed by atoms with Gasteiger partial charge >= 0.3 is 0 Å². The van der Waals surface area contributed by atoms with Gasteiger partial charge in [-0.1, -0.05) is 110 Å². The molecule has 152 valence electrons. The van der Waals surface area contributed by atoms with Crippen LogP contribution >= 0.6 is 0 Å². The quantitative estimate of drug-likeness (QED) is 0.179. The largest absolute Gasteiger partial charge is 0.243 e. The summed E-state index contributed by atoms with van der Waals surface area (Å²) in [5.41, 5.74) is 0. The number of aromatic nitrogens is 2. The van der Waals surface area contributed by atoms with Crippen molar-refractivity contribution in [2.45, 2.75) is 129 Å². The standard InChI is InChI=1S/C24H47N2/c1-3-4-5-6-7-8-9-10-11-12-13-14-15-16-17-18-19-20-21-26-23-22-25(2)24-26/h22-24H,3-21H2,1-2H3/q+1. The van der Waals surface area contributed by atoms with Crippen LogP contribution in [0.3, 0.4) is 0 Å². The number of imidazole rings is 1. The van der Waals surface area contributed by atoms with E-state index in [1.165, 1.54) is 122 Å². The summed E-state index contributed by atoms with van der Waals surface area (Å²) in [7, 11) is 2.09. The van der Waals surface area contributed by atoms with Gasteiger partial charge in [-0.25, -0.2) is 9.13 Å². The fourth-order valence-corrected chi connectivity index (χ4v) is 3.83. The number of unbranched alkanes of at least 4 members (excludes halogenated alkanes) is 17. The summed E-state index contributed by atoms with van der Waals surface area (Å²) in [5, 5.41) is 0. The minimum absolute atomic E-state index is 1.18. The predicted octanol–water partition coefficient (Wildman–Crippen LogP) is 7.35. The first-order valence-electron chi connectivity index (χ1n) is 11.8. The van der Waals surface area contributed by atoms with Crippen molar-refractivity contribution >= 4 is 0 Å². The van der Waals surface area contributed by atoms with Crippen molar-refractivity contribution in [1.29, 1.82) is 0 Å². The molecule has 2 nitrogen and oxygen atoms in total. The van der Waals surface area contributed by atoms with Gasteiger partial charge in [0, 0.05) is 0 Å². The highest BCUT2D eigenvalue weighted by Gasteiger charge is 1.99. The zero-order valence-electron chi connectivity index (χ0n) is 18.1. The smallest absolute Gasteiger partial charge is 0.240 e. The number of hydrogen-bond acceptors (Lipinski definition) is 0. The Kier molecular flexibility index (Phi) is 15.8. The summed E-state index contributed by atoms with van der Waals surface area (Å²) < 4.78 is 4.42. The van der Waals surface area contributed by atoms with E-state index in [0.717, 1.165) is 0 Å². The lowest BCUT2D eigenvalue weighted by atomic mass is 10.0. The van der Waals surface area contributed by atoms with E-state index in [1.807, 2.05) is 0 Å². The van der Waals surface area contributed by atoms with Crippen molar-refractivity contribution in [3.8, 4) is 0 Å². The highest BCUT2D eigenvalue weighted by atomic mass is 15.1. The SMILES string of the molecule is CCCCCCCCCCCCCCCCCCCC[n+]1ccn(C)c1. The normalized spacial score (nSPS) is 11.3. The first-order valence-corrected chi connectivity index (χ1v) is 11.8. The fraction of sp³-hybridized carbons (Fsp3) is 0.875. The van der Waals surface area contributed by atoms with E-state index in [-0.39, 0.29) is 0 Å². The molecule has 0 amide bonds. The third-order valence-corrected chi connectivity index (χ3v) is 5.59. The van der Waals surface area contributed by atoms with Gasteiger partial charge in [0.1, 0.15) is 12.4 Å². The minimum atomic E-state index is 1.18.